The first-order valence-electron chi connectivity index (χ1n) is 9.34. The number of benzene rings is 1. The van der Waals surface area contributed by atoms with Crippen LogP contribution in [0, 0.1) is 23.7 Å². The predicted octanol–water partition coefficient (Wildman–Crippen LogP) is 3.75. The number of hydrogen-bond donors (Lipinski definition) is 1. The van der Waals surface area contributed by atoms with Gasteiger partial charge in [-0.15, -0.1) is 0 Å². The lowest BCUT2D eigenvalue weighted by Gasteiger charge is -2.14. The average molecular weight is 388 g/mol. The van der Waals surface area contributed by atoms with Gasteiger partial charge < -0.3 is 5.32 Å². The molecule has 0 radical (unpaired) electrons. The molecule has 4 unspecified atom stereocenters. The molecule has 3 heterocycles. The Morgan fingerprint density at radius 3 is 2.54 bits per heavy atom. The van der Waals surface area contributed by atoms with E-state index in [4.69, 9.17) is 0 Å². The number of thiazole rings is 1. The van der Waals surface area contributed by atoms with Crippen LogP contribution in [-0.2, 0) is 9.59 Å². The summed E-state index contributed by atoms with van der Waals surface area (Å²) in [6.07, 6.45) is 6.88. The summed E-state index contributed by atoms with van der Waals surface area (Å²) in [5.74, 6) is 0.606. The van der Waals surface area contributed by atoms with Crippen LogP contribution in [0.2, 0.25) is 0 Å². The van der Waals surface area contributed by atoms with Crippen LogP contribution in [0.5, 0.6) is 0 Å². The minimum Gasteiger partial charge on any atom is -0.340 e. The van der Waals surface area contributed by atoms with Crippen molar-refractivity contribution in [3.63, 3.8) is 0 Å². The Kier molecular flexibility index (Phi) is 3.26. The largest absolute Gasteiger partial charge is 0.340 e. The van der Waals surface area contributed by atoms with Crippen molar-refractivity contribution in [1.82, 2.24) is 9.97 Å². The van der Waals surface area contributed by atoms with Gasteiger partial charge in [-0.25, -0.2) is 14.9 Å². The van der Waals surface area contributed by atoms with Gasteiger partial charge in [-0.1, -0.05) is 29.6 Å². The molecule has 6 nitrogen and oxygen atoms in total. The average Bonchev–Trinajstić information content (AvgIpc) is 3.45. The molecule has 2 bridgehead atoms. The van der Waals surface area contributed by atoms with Gasteiger partial charge in [-0.3, -0.25) is 9.59 Å². The Morgan fingerprint density at radius 2 is 1.82 bits per heavy atom. The maximum absolute atomic E-state index is 13.0. The zero-order valence-electron chi connectivity index (χ0n) is 14.8. The van der Waals surface area contributed by atoms with Crippen molar-refractivity contribution >= 4 is 50.0 Å². The fraction of sp³-hybridized carbons (Fsp3) is 0.238. The van der Waals surface area contributed by atoms with Crippen LogP contribution >= 0.6 is 11.3 Å². The fourth-order valence-corrected chi connectivity index (χ4v) is 5.78. The first-order valence-corrected chi connectivity index (χ1v) is 10.2. The normalized spacial score (nSPS) is 27.8. The van der Waals surface area contributed by atoms with Crippen LogP contribution in [0.3, 0.4) is 0 Å². The molecule has 1 N–H and O–H groups in total. The van der Waals surface area contributed by atoms with E-state index in [2.05, 4.69) is 27.4 Å². The molecule has 1 saturated heterocycles. The topological polar surface area (TPSA) is 75.2 Å². The van der Waals surface area contributed by atoms with E-state index in [1.165, 1.54) is 16.2 Å². The summed E-state index contributed by atoms with van der Waals surface area (Å²) in [7, 11) is 0. The van der Waals surface area contributed by atoms with E-state index in [0.717, 1.165) is 28.1 Å². The number of anilines is 3. The number of nitrogens with one attached hydrogen (secondary N) is 1. The molecular weight excluding hydrogens is 372 g/mol. The van der Waals surface area contributed by atoms with E-state index >= 15 is 0 Å². The zero-order chi connectivity index (χ0) is 18.8. The molecule has 0 spiro atoms. The molecule has 3 aromatic rings. The number of amides is 2. The molecule has 1 aromatic carbocycles. The van der Waals surface area contributed by atoms with Gasteiger partial charge in [0.2, 0.25) is 11.8 Å². The van der Waals surface area contributed by atoms with Gasteiger partial charge in [0, 0.05) is 11.9 Å². The molecule has 28 heavy (non-hydrogen) atoms. The van der Waals surface area contributed by atoms with E-state index in [1.807, 2.05) is 36.4 Å². The number of aromatic nitrogens is 2. The van der Waals surface area contributed by atoms with Gasteiger partial charge in [-0.2, -0.15) is 0 Å². The van der Waals surface area contributed by atoms with Crippen molar-refractivity contribution in [2.75, 3.05) is 10.2 Å². The van der Waals surface area contributed by atoms with Crippen LogP contribution < -0.4 is 10.2 Å². The molecule has 2 fully saturated rings. The number of rotatable bonds is 3. The van der Waals surface area contributed by atoms with E-state index in [9.17, 15) is 9.59 Å². The van der Waals surface area contributed by atoms with Gasteiger partial charge >= 0.3 is 0 Å². The quantitative estimate of drug-likeness (QED) is 0.546. The number of pyridine rings is 1. The molecule has 1 saturated carbocycles. The molecule has 7 heteroatoms. The number of carbonyl (C=O) groups excluding carboxylic acids is 2. The number of imide groups is 1. The number of hydrogen-bond acceptors (Lipinski definition) is 6. The maximum Gasteiger partial charge on any atom is 0.240 e. The van der Waals surface area contributed by atoms with E-state index < -0.39 is 0 Å². The second kappa shape index (κ2) is 5.72. The van der Waals surface area contributed by atoms with E-state index in [1.54, 1.807) is 6.20 Å². The minimum atomic E-state index is -0.198. The predicted molar refractivity (Wildman–Crippen MR) is 107 cm³/mol. The van der Waals surface area contributed by atoms with Gasteiger partial charge in [0.1, 0.15) is 5.82 Å². The smallest absolute Gasteiger partial charge is 0.240 e. The Bertz CT molecular complexity index is 1130. The van der Waals surface area contributed by atoms with Crippen molar-refractivity contribution in [2.24, 2.45) is 23.7 Å². The minimum absolute atomic E-state index is 0.0854. The molecular formula is C21H16N4O2S. The third kappa shape index (κ3) is 2.19. The Labute approximate surface area is 164 Å². The highest BCUT2D eigenvalue weighted by atomic mass is 32.1. The number of fused-ring (bicyclic) bond motifs is 6. The lowest BCUT2D eigenvalue weighted by Crippen LogP contribution is -2.32. The highest BCUT2D eigenvalue weighted by Crippen LogP contribution is 2.53. The number of carbonyl (C=O) groups is 2. The van der Waals surface area contributed by atoms with Crippen LogP contribution in [0.4, 0.5) is 16.6 Å². The molecule has 4 atom stereocenters. The van der Waals surface area contributed by atoms with Crippen LogP contribution in [0.1, 0.15) is 6.42 Å². The second-order valence-electron chi connectivity index (χ2n) is 7.53. The summed E-state index contributed by atoms with van der Waals surface area (Å²) in [6.45, 7) is 0. The first-order chi connectivity index (χ1) is 13.7. The lowest BCUT2D eigenvalue weighted by molar-refractivity contribution is -0.123. The van der Waals surface area contributed by atoms with Crippen molar-refractivity contribution in [2.45, 2.75) is 6.42 Å². The standard InChI is InChI=1S/C21H16N4O2S/c26-19-17-11-4-5-12(9-11)18(17)20(27)25(19)21-24-14-7-6-13(10-15(14)28-21)23-16-3-1-2-8-22-16/h1-8,10-12,17-18H,9H2,(H,22,23). The van der Waals surface area contributed by atoms with Crippen molar-refractivity contribution in [3.05, 3.63) is 54.7 Å². The maximum atomic E-state index is 13.0. The summed E-state index contributed by atoms with van der Waals surface area (Å²) in [5.41, 5.74) is 1.67. The van der Waals surface area contributed by atoms with Crippen molar-refractivity contribution in [1.29, 1.82) is 0 Å². The molecule has 2 aromatic heterocycles. The summed E-state index contributed by atoms with van der Waals surface area (Å²) in [6, 6.07) is 11.5. The van der Waals surface area contributed by atoms with Crippen LogP contribution in [0.15, 0.2) is 54.7 Å². The van der Waals surface area contributed by atoms with Gasteiger partial charge in [0.25, 0.3) is 0 Å². The van der Waals surface area contributed by atoms with E-state index in [-0.39, 0.29) is 35.5 Å². The highest BCUT2D eigenvalue weighted by molar-refractivity contribution is 7.22. The monoisotopic (exact) mass is 388 g/mol. The van der Waals surface area contributed by atoms with Crippen LogP contribution in [0.25, 0.3) is 10.2 Å². The summed E-state index contributed by atoms with van der Waals surface area (Å²) < 4.78 is 0.926. The third-order valence-corrected chi connectivity index (χ3v) is 6.98. The zero-order valence-corrected chi connectivity index (χ0v) is 15.6. The van der Waals surface area contributed by atoms with Crippen molar-refractivity contribution in [3.8, 4) is 0 Å². The van der Waals surface area contributed by atoms with Crippen molar-refractivity contribution < 1.29 is 9.59 Å². The SMILES string of the molecule is O=C1C2C3C=CC(C3)C2C(=O)N1c1nc2ccc(Nc3ccccn3)cc2s1. The van der Waals surface area contributed by atoms with Gasteiger partial charge in [0.05, 0.1) is 22.1 Å². The molecule has 1 aliphatic heterocycles. The molecule has 2 amide bonds. The number of nitrogens with zero attached hydrogens (tertiary/aromatic N) is 3. The summed E-state index contributed by atoms with van der Waals surface area (Å²) in [5, 5.41) is 3.74. The summed E-state index contributed by atoms with van der Waals surface area (Å²) >= 11 is 1.38. The third-order valence-electron chi connectivity index (χ3n) is 5.98. The second-order valence-corrected chi connectivity index (χ2v) is 8.54. The molecule has 6 rings (SSSR count). The van der Waals surface area contributed by atoms with E-state index in [0.29, 0.717) is 5.13 Å². The lowest BCUT2D eigenvalue weighted by atomic mass is 9.85. The Balaban J connectivity index is 1.33. The number of allylic oxidation sites excluding steroid dienone is 2. The Hall–Kier alpha value is -3.06. The summed E-state index contributed by atoms with van der Waals surface area (Å²) in [4.78, 5) is 36.2. The highest BCUT2D eigenvalue weighted by Gasteiger charge is 2.60. The van der Waals surface area contributed by atoms with Crippen LogP contribution in [-0.4, -0.2) is 21.8 Å². The van der Waals surface area contributed by atoms with Gasteiger partial charge in [0.15, 0.2) is 5.13 Å². The molecule has 2 aliphatic carbocycles. The van der Waals surface area contributed by atoms with Gasteiger partial charge in [-0.05, 0) is 48.6 Å². The fourth-order valence-electron chi connectivity index (χ4n) is 4.76. The molecule has 138 valence electrons. The first kappa shape index (κ1) is 15.9. The molecule has 3 aliphatic rings. The Morgan fingerprint density at radius 1 is 1.04 bits per heavy atom.